The smallest absolute Gasteiger partial charge is 0.335 e. The molecule has 7 heteroatoms. The third kappa shape index (κ3) is 3.00. The van der Waals surface area contributed by atoms with Crippen molar-refractivity contribution in [1.82, 2.24) is 5.32 Å². The summed E-state index contributed by atoms with van der Waals surface area (Å²) in [7, 11) is 0. The molecule has 0 saturated carbocycles. The summed E-state index contributed by atoms with van der Waals surface area (Å²) < 4.78 is 0. The number of phenolic OH excluding ortho intramolecular Hbond substituents is 1. The van der Waals surface area contributed by atoms with Crippen LogP contribution in [-0.4, -0.2) is 23.0 Å². The van der Waals surface area contributed by atoms with E-state index in [4.69, 9.17) is 11.6 Å². The van der Waals surface area contributed by atoms with E-state index in [0.29, 0.717) is 10.6 Å². The molecule has 0 aromatic heterocycles. The summed E-state index contributed by atoms with van der Waals surface area (Å²) in [6.45, 7) is 0. The van der Waals surface area contributed by atoms with Gasteiger partial charge in [-0.25, -0.2) is 9.69 Å². The van der Waals surface area contributed by atoms with E-state index in [1.165, 1.54) is 30.3 Å². The average Bonchev–Trinajstić information content (AvgIpc) is 2.55. The van der Waals surface area contributed by atoms with Gasteiger partial charge in [-0.05, 0) is 48.0 Å². The second-order valence-electron chi connectivity index (χ2n) is 5.03. The average molecular weight is 343 g/mol. The minimum absolute atomic E-state index is 0.00313. The normalized spacial score (nSPS) is 16.5. The summed E-state index contributed by atoms with van der Waals surface area (Å²) in [4.78, 5) is 37.4. The molecule has 1 aliphatic rings. The number of hydrogen-bond donors (Lipinski definition) is 2. The van der Waals surface area contributed by atoms with Crippen LogP contribution in [0.3, 0.4) is 0 Å². The molecular formula is C17H11ClN2O4. The Morgan fingerprint density at radius 3 is 2.21 bits per heavy atom. The maximum absolute atomic E-state index is 12.6. The Morgan fingerprint density at radius 1 is 0.958 bits per heavy atom. The maximum Gasteiger partial charge on any atom is 0.335 e. The number of hydrogen-bond acceptors (Lipinski definition) is 4. The Labute approximate surface area is 142 Å². The van der Waals surface area contributed by atoms with Crippen LogP contribution in [0.25, 0.3) is 6.08 Å². The summed E-state index contributed by atoms with van der Waals surface area (Å²) in [5.74, 6) is -1.52. The zero-order valence-corrected chi connectivity index (χ0v) is 12.9. The first-order valence-electron chi connectivity index (χ1n) is 6.92. The van der Waals surface area contributed by atoms with Gasteiger partial charge in [0.25, 0.3) is 11.8 Å². The van der Waals surface area contributed by atoms with Gasteiger partial charge < -0.3 is 5.11 Å². The number of phenols is 1. The van der Waals surface area contributed by atoms with E-state index >= 15 is 0 Å². The lowest BCUT2D eigenvalue weighted by Gasteiger charge is -2.26. The molecule has 1 saturated heterocycles. The second kappa shape index (κ2) is 6.17. The van der Waals surface area contributed by atoms with Crippen molar-refractivity contribution in [2.45, 2.75) is 0 Å². The molecule has 2 aromatic carbocycles. The van der Waals surface area contributed by atoms with Crippen LogP contribution in [0.15, 0.2) is 54.1 Å². The Bertz CT molecular complexity index is 857. The first kappa shape index (κ1) is 15.8. The molecule has 0 radical (unpaired) electrons. The van der Waals surface area contributed by atoms with Gasteiger partial charge in [-0.3, -0.25) is 14.9 Å². The molecule has 3 rings (SSSR count). The van der Waals surface area contributed by atoms with Gasteiger partial charge in [-0.2, -0.15) is 0 Å². The molecule has 120 valence electrons. The molecule has 1 fully saturated rings. The van der Waals surface area contributed by atoms with E-state index in [1.807, 2.05) is 0 Å². The lowest BCUT2D eigenvalue weighted by Crippen LogP contribution is -2.54. The number of amides is 4. The van der Waals surface area contributed by atoms with Gasteiger partial charge in [-0.1, -0.05) is 23.7 Å². The molecule has 0 bridgehead atoms. The summed E-state index contributed by atoms with van der Waals surface area (Å²) in [6, 6.07) is 11.2. The quantitative estimate of drug-likeness (QED) is 0.649. The lowest BCUT2D eigenvalue weighted by atomic mass is 10.1. The highest BCUT2D eigenvalue weighted by atomic mass is 35.5. The molecule has 4 amide bonds. The van der Waals surface area contributed by atoms with Crippen molar-refractivity contribution < 1.29 is 19.5 Å². The Morgan fingerprint density at radius 2 is 1.58 bits per heavy atom. The van der Waals surface area contributed by atoms with E-state index < -0.39 is 17.8 Å². The number of anilines is 1. The van der Waals surface area contributed by atoms with Gasteiger partial charge in [0, 0.05) is 5.02 Å². The number of benzene rings is 2. The first-order chi connectivity index (χ1) is 11.5. The van der Waals surface area contributed by atoms with Crippen molar-refractivity contribution in [3.05, 3.63) is 64.7 Å². The summed E-state index contributed by atoms with van der Waals surface area (Å²) >= 11 is 5.81. The number of barbiturate groups is 1. The predicted molar refractivity (Wildman–Crippen MR) is 88.6 cm³/mol. The summed E-state index contributed by atoms with van der Waals surface area (Å²) in [5.41, 5.74) is 0.660. The zero-order valence-electron chi connectivity index (χ0n) is 12.2. The van der Waals surface area contributed by atoms with Crippen molar-refractivity contribution in [2.24, 2.45) is 0 Å². The molecular weight excluding hydrogens is 332 g/mol. The fourth-order valence-corrected chi connectivity index (χ4v) is 2.35. The number of nitrogens with zero attached hydrogens (tertiary/aromatic N) is 1. The van der Waals surface area contributed by atoms with Crippen LogP contribution < -0.4 is 10.2 Å². The predicted octanol–water partition coefficient (Wildman–Crippen LogP) is 2.71. The van der Waals surface area contributed by atoms with Crippen LogP contribution in [-0.2, 0) is 9.59 Å². The van der Waals surface area contributed by atoms with Crippen molar-refractivity contribution in [1.29, 1.82) is 0 Å². The highest BCUT2D eigenvalue weighted by Crippen LogP contribution is 2.24. The molecule has 0 spiro atoms. The standard InChI is InChI=1S/C17H11ClN2O4/c18-11-3-1-10(2-4-11)9-14-15(22)19-17(24)20(16(14)23)12-5-7-13(21)8-6-12/h1-9,21H,(H,19,22,24)/b14-9+. The Kier molecular flexibility index (Phi) is 4.05. The number of imide groups is 2. The molecule has 24 heavy (non-hydrogen) atoms. The van der Waals surface area contributed by atoms with Gasteiger partial charge in [0.1, 0.15) is 11.3 Å². The van der Waals surface area contributed by atoms with Gasteiger partial charge in [0.15, 0.2) is 0 Å². The van der Waals surface area contributed by atoms with E-state index in [9.17, 15) is 19.5 Å². The van der Waals surface area contributed by atoms with E-state index in [2.05, 4.69) is 5.32 Å². The molecule has 0 unspecified atom stereocenters. The minimum atomic E-state index is -0.844. The third-order valence-electron chi connectivity index (χ3n) is 3.39. The van der Waals surface area contributed by atoms with E-state index in [-0.39, 0.29) is 17.0 Å². The Hall–Kier alpha value is -3.12. The molecule has 1 aliphatic heterocycles. The van der Waals surface area contributed by atoms with Gasteiger partial charge in [0.05, 0.1) is 5.69 Å². The van der Waals surface area contributed by atoms with E-state index in [0.717, 1.165) is 4.90 Å². The first-order valence-corrected chi connectivity index (χ1v) is 7.29. The van der Waals surface area contributed by atoms with E-state index in [1.54, 1.807) is 24.3 Å². The van der Waals surface area contributed by atoms with Crippen molar-refractivity contribution in [3.8, 4) is 5.75 Å². The fourth-order valence-electron chi connectivity index (χ4n) is 2.22. The highest BCUT2D eigenvalue weighted by Gasteiger charge is 2.36. The topological polar surface area (TPSA) is 86.7 Å². The maximum atomic E-state index is 12.6. The number of nitrogens with one attached hydrogen (secondary N) is 1. The van der Waals surface area contributed by atoms with Gasteiger partial charge >= 0.3 is 6.03 Å². The van der Waals surface area contributed by atoms with Crippen molar-refractivity contribution in [2.75, 3.05) is 4.90 Å². The molecule has 0 aliphatic carbocycles. The fraction of sp³-hybridized carbons (Fsp3) is 0. The van der Waals surface area contributed by atoms with Crippen LogP contribution >= 0.6 is 11.6 Å². The van der Waals surface area contributed by atoms with Crippen molar-refractivity contribution in [3.63, 3.8) is 0 Å². The van der Waals surface area contributed by atoms with Crippen molar-refractivity contribution >= 4 is 41.2 Å². The Balaban J connectivity index is 1.99. The lowest BCUT2D eigenvalue weighted by molar-refractivity contribution is -0.122. The monoisotopic (exact) mass is 342 g/mol. The molecule has 0 atom stereocenters. The minimum Gasteiger partial charge on any atom is -0.508 e. The number of carbonyl (C=O) groups is 3. The van der Waals surface area contributed by atoms with Crippen LogP contribution in [0.5, 0.6) is 5.75 Å². The molecule has 6 nitrogen and oxygen atoms in total. The van der Waals surface area contributed by atoms with Crippen LogP contribution in [0.4, 0.5) is 10.5 Å². The molecule has 2 N–H and O–H groups in total. The van der Waals surface area contributed by atoms with Crippen LogP contribution in [0.1, 0.15) is 5.56 Å². The zero-order chi connectivity index (χ0) is 17.3. The SMILES string of the molecule is O=C1NC(=O)N(c2ccc(O)cc2)C(=O)/C1=C/c1ccc(Cl)cc1. The third-order valence-corrected chi connectivity index (χ3v) is 3.64. The number of carbonyl (C=O) groups excluding carboxylic acids is 3. The largest absolute Gasteiger partial charge is 0.508 e. The summed E-state index contributed by atoms with van der Waals surface area (Å²) in [5, 5.41) is 12.0. The number of halogens is 1. The summed E-state index contributed by atoms with van der Waals surface area (Å²) in [6.07, 6.45) is 1.38. The number of urea groups is 1. The number of aromatic hydroxyl groups is 1. The van der Waals surface area contributed by atoms with Gasteiger partial charge in [0.2, 0.25) is 0 Å². The highest BCUT2D eigenvalue weighted by molar-refractivity contribution is 6.39. The molecule has 2 aromatic rings. The second-order valence-corrected chi connectivity index (χ2v) is 5.46. The van der Waals surface area contributed by atoms with Crippen LogP contribution in [0.2, 0.25) is 5.02 Å². The number of rotatable bonds is 2. The van der Waals surface area contributed by atoms with Crippen LogP contribution in [0, 0.1) is 0 Å². The molecule has 1 heterocycles. The van der Waals surface area contributed by atoms with Gasteiger partial charge in [-0.15, -0.1) is 0 Å².